The van der Waals surface area contributed by atoms with Crippen LogP contribution >= 0.6 is 11.6 Å². The molecular formula is C20H25ClO2. The smallest absolute Gasteiger partial charge is 0.123 e. The lowest BCUT2D eigenvalue weighted by Crippen LogP contribution is -2.17. The molecule has 0 saturated heterocycles. The summed E-state index contributed by atoms with van der Waals surface area (Å²) in [5.41, 5.74) is 2.83. The van der Waals surface area contributed by atoms with Crippen molar-refractivity contribution in [2.75, 3.05) is 0 Å². The molecule has 3 heteroatoms. The van der Waals surface area contributed by atoms with Crippen molar-refractivity contribution in [1.82, 2.24) is 0 Å². The summed E-state index contributed by atoms with van der Waals surface area (Å²) < 4.78 is 0. The lowest BCUT2D eigenvalue weighted by atomic mass is 9.77. The van der Waals surface area contributed by atoms with Crippen LogP contribution in [-0.2, 0) is 10.8 Å². The highest BCUT2D eigenvalue weighted by Crippen LogP contribution is 2.43. The molecule has 0 bridgehead atoms. The van der Waals surface area contributed by atoms with Crippen LogP contribution in [0.25, 0.3) is 11.1 Å². The van der Waals surface area contributed by atoms with Crippen LogP contribution in [0.1, 0.15) is 52.7 Å². The van der Waals surface area contributed by atoms with Gasteiger partial charge in [-0.15, -0.1) is 0 Å². The summed E-state index contributed by atoms with van der Waals surface area (Å²) in [5, 5.41) is 21.6. The van der Waals surface area contributed by atoms with Crippen molar-refractivity contribution in [3.63, 3.8) is 0 Å². The molecule has 0 saturated carbocycles. The number of phenolic OH excluding ortho intramolecular Hbond substituents is 2. The summed E-state index contributed by atoms with van der Waals surface area (Å²) in [7, 11) is 0. The van der Waals surface area contributed by atoms with Gasteiger partial charge in [-0.25, -0.2) is 0 Å². The average molecular weight is 333 g/mol. The molecule has 23 heavy (non-hydrogen) atoms. The van der Waals surface area contributed by atoms with Crippen molar-refractivity contribution in [3.05, 3.63) is 46.5 Å². The van der Waals surface area contributed by atoms with Gasteiger partial charge in [0.15, 0.2) is 0 Å². The molecule has 0 amide bonds. The van der Waals surface area contributed by atoms with Gasteiger partial charge in [0.2, 0.25) is 0 Å². The van der Waals surface area contributed by atoms with E-state index in [4.69, 9.17) is 11.6 Å². The van der Waals surface area contributed by atoms with Gasteiger partial charge >= 0.3 is 0 Å². The van der Waals surface area contributed by atoms with Gasteiger partial charge in [0.25, 0.3) is 0 Å². The van der Waals surface area contributed by atoms with Crippen LogP contribution in [0.3, 0.4) is 0 Å². The second kappa shape index (κ2) is 5.76. The molecule has 0 radical (unpaired) electrons. The van der Waals surface area contributed by atoms with E-state index in [0.29, 0.717) is 16.3 Å². The van der Waals surface area contributed by atoms with E-state index in [1.54, 1.807) is 18.2 Å². The lowest BCUT2D eigenvalue weighted by molar-refractivity contribution is 0.423. The molecule has 0 atom stereocenters. The first-order chi connectivity index (χ1) is 10.4. The third kappa shape index (κ3) is 3.64. The SMILES string of the molecule is CC(C)(C)c1cc(-c2cc(Cl)ccc2O)cc(C(C)(C)C)c1O. The van der Waals surface area contributed by atoms with E-state index in [1.807, 2.05) is 12.1 Å². The maximum absolute atomic E-state index is 10.8. The van der Waals surface area contributed by atoms with E-state index in [-0.39, 0.29) is 16.6 Å². The Morgan fingerprint density at radius 3 is 1.70 bits per heavy atom. The predicted octanol–water partition coefficient (Wildman–Crippen LogP) is 6.01. The number of aromatic hydroxyl groups is 2. The maximum Gasteiger partial charge on any atom is 0.123 e. The minimum atomic E-state index is -0.214. The number of halogens is 1. The van der Waals surface area contributed by atoms with Crippen LogP contribution in [0.2, 0.25) is 5.02 Å². The first-order valence-electron chi connectivity index (χ1n) is 7.78. The molecule has 0 unspecified atom stereocenters. The third-order valence-electron chi connectivity index (χ3n) is 4.00. The average Bonchev–Trinajstić information content (AvgIpc) is 2.39. The molecule has 2 nitrogen and oxygen atoms in total. The monoisotopic (exact) mass is 332 g/mol. The third-order valence-corrected chi connectivity index (χ3v) is 4.23. The molecule has 0 aromatic heterocycles. The van der Waals surface area contributed by atoms with Crippen LogP contribution in [0.15, 0.2) is 30.3 Å². The Morgan fingerprint density at radius 1 is 0.783 bits per heavy atom. The van der Waals surface area contributed by atoms with Crippen LogP contribution in [0, 0.1) is 0 Å². The molecule has 2 rings (SSSR count). The van der Waals surface area contributed by atoms with Gasteiger partial charge in [0, 0.05) is 21.7 Å². The number of rotatable bonds is 1. The molecule has 0 fully saturated rings. The quantitative estimate of drug-likeness (QED) is 0.671. The van der Waals surface area contributed by atoms with E-state index < -0.39 is 0 Å². The van der Waals surface area contributed by atoms with Crippen molar-refractivity contribution >= 4 is 11.6 Å². The summed E-state index contributed by atoms with van der Waals surface area (Å²) in [6, 6.07) is 8.89. The second-order valence-corrected chi connectivity index (χ2v) is 8.52. The minimum absolute atomic E-state index is 0.180. The van der Waals surface area contributed by atoms with Gasteiger partial charge in [-0.1, -0.05) is 53.1 Å². The van der Waals surface area contributed by atoms with Crippen LogP contribution in [-0.4, -0.2) is 10.2 Å². The van der Waals surface area contributed by atoms with Crippen molar-refractivity contribution in [2.45, 2.75) is 52.4 Å². The standard InChI is InChI=1S/C20H25ClO2/c1-19(2,3)15-9-12(10-16(18(15)23)20(4,5)6)14-11-13(21)7-8-17(14)22/h7-11,22-23H,1-6H3. The first-order valence-corrected chi connectivity index (χ1v) is 8.16. The zero-order chi connectivity index (χ0) is 17.6. The molecule has 0 spiro atoms. The Labute approximate surface area is 143 Å². The lowest BCUT2D eigenvalue weighted by Gasteiger charge is -2.28. The van der Waals surface area contributed by atoms with Crippen molar-refractivity contribution in [1.29, 1.82) is 0 Å². The Balaban J connectivity index is 2.82. The van der Waals surface area contributed by atoms with Crippen LogP contribution < -0.4 is 0 Å². The molecule has 0 aliphatic heterocycles. The van der Waals surface area contributed by atoms with Gasteiger partial charge in [-0.2, -0.15) is 0 Å². The summed E-state index contributed by atoms with van der Waals surface area (Å²) in [4.78, 5) is 0. The fourth-order valence-corrected chi connectivity index (χ4v) is 2.84. The Hall–Kier alpha value is -1.67. The number of hydrogen-bond acceptors (Lipinski definition) is 2. The summed E-state index contributed by atoms with van der Waals surface area (Å²) in [6.07, 6.45) is 0. The molecule has 0 heterocycles. The zero-order valence-corrected chi connectivity index (χ0v) is 15.4. The first kappa shape index (κ1) is 17.7. The largest absolute Gasteiger partial charge is 0.507 e. The van der Waals surface area contributed by atoms with Crippen molar-refractivity contribution in [2.24, 2.45) is 0 Å². The molecule has 124 valence electrons. The Bertz CT molecular complexity index is 699. The van der Waals surface area contributed by atoms with Gasteiger partial charge in [0.1, 0.15) is 11.5 Å². The molecule has 0 aliphatic carbocycles. The molecule has 0 aliphatic rings. The molecule has 2 N–H and O–H groups in total. The number of benzene rings is 2. The fourth-order valence-electron chi connectivity index (χ4n) is 2.67. The van der Waals surface area contributed by atoms with E-state index >= 15 is 0 Å². The highest BCUT2D eigenvalue weighted by Gasteiger charge is 2.27. The highest BCUT2D eigenvalue weighted by atomic mass is 35.5. The summed E-state index contributed by atoms with van der Waals surface area (Å²) in [6.45, 7) is 12.4. The van der Waals surface area contributed by atoms with Crippen molar-refractivity contribution in [3.8, 4) is 22.6 Å². The minimum Gasteiger partial charge on any atom is -0.507 e. The van der Waals surface area contributed by atoms with Gasteiger partial charge in [0.05, 0.1) is 0 Å². The van der Waals surface area contributed by atoms with Gasteiger partial charge in [-0.05, 0) is 46.7 Å². The fraction of sp³-hybridized carbons (Fsp3) is 0.400. The van der Waals surface area contributed by atoms with Crippen LogP contribution in [0.5, 0.6) is 11.5 Å². The van der Waals surface area contributed by atoms with E-state index in [1.165, 1.54) is 0 Å². The number of hydrogen-bond donors (Lipinski definition) is 2. The Kier molecular flexibility index (Phi) is 4.42. The topological polar surface area (TPSA) is 40.5 Å². The predicted molar refractivity (Wildman–Crippen MR) is 97.6 cm³/mol. The zero-order valence-electron chi connectivity index (χ0n) is 14.7. The van der Waals surface area contributed by atoms with Gasteiger partial charge < -0.3 is 10.2 Å². The Morgan fingerprint density at radius 2 is 1.26 bits per heavy atom. The molecule has 2 aromatic carbocycles. The highest BCUT2D eigenvalue weighted by molar-refractivity contribution is 6.31. The summed E-state index contributed by atoms with van der Waals surface area (Å²) in [5.74, 6) is 0.509. The normalized spacial score (nSPS) is 12.5. The molecule has 2 aromatic rings. The summed E-state index contributed by atoms with van der Waals surface area (Å²) >= 11 is 6.10. The van der Waals surface area contributed by atoms with Gasteiger partial charge in [-0.3, -0.25) is 0 Å². The van der Waals surface area contributed by atoms with E-state index in [0.717, 1.165) is 16.7 Å². The maximum atomic E-state index is 10.8. The van der Waals surface area contributed by atoms with Crippen molar-refractivity contribution < 1.29 is 10.2 Å². The number of phenols is 2. The second-order valence-electron chi connectivity index (χ2n) is 8.08. The van der Waals surface area contributed by atoms with E-state index in [2.05, 4.69) is 41.5 Å². The van der Waals surface area contributed by atoms with E-state index in [9.17, 15) is 10.2 Å². The van der Waals surface area contributed by atoms with Crippen LogP contribution in [0.4, 0.5) is 0 Å². The molecular weight excluding hydrogens is 308 g/mol.